The van der Waals surface area contributed by atoms with Gasteiger partial charge in [0.05, 0.1) is 12.7 Å². The molecule has 2 N–H and O–H groups in total. The summed E-state index contributed by atoms with van der Waals surface area (Å²) < 4.78 is 4.65. The highest BCUT2D eigenvalue weighted by Gasteiger charge is 2.11. The average molecular weight is 218 g/mol. The summed E-state index contributed by atoms with van der Waals surface area (Å²) in [7, 11) is 0. The van der Waals surface area contributed by atoms with Crippen molar-refractivity contribution in [3.8, 4) is 0 Å². The molecule has 88 valence electrons. The maximum Gasteiger partial charge on any atom is 0.334 e. The van der Waals surface area contributed by atoms with E-state index in [1.54, 1.807) is 0 Å². The lowest BCUT2D eigenvalue weighted by Crippen LogP contribution is -2.21. The molecular weight excluding hydrogens is 200 g/mol. The number of ketones is 1. The normalized spacial score (nSPS) is 14.4. The van der Waals surface area contributed by atoms with Crippen molar-refractivity contribution < 1.29 is 24.5 Å². The highest BCUT2D eigenvalue weighted by Crippen LogP contribution is 2.03. The zero-order chi connectivity index (χ0) is 11.8. The molecule has 0 saturated carbocycles. The monoisotopic (exact) mass is 218 g/mol. The first kappa shape index (κ1) is 14.1. The number of hydrogen-bond acceptors (Lipinski definition) is 5. The lowest BCUT2D eigenvalue weighted by molar-refractivity contribution is -0.153. The molecule has 0 aliphatic heterocycles. The van der Waals surface area contributed by atoms with Crippen molar-refractivity contribution in [2.45, 2.75) is 45.3 Å². The lowest BCUT2D eigenvalue weighted by atomic mass is 10.1. The summed E-state index contributed by atoms with van der Waals surface area (Å²) >= 11 is 0. The Hall–Kier alpha value is -0.940. The van der Waals surface area contributed by atoms with Gasteiger partial charge in [0, 0.05) is 12.8 Å². The Morgan fingerprint density at radius 2 is 1.87 bits per heavy atom. The van der Waals surface area contributed by atoms with Crippen molar-refractivity contribution in [1.82, 2.24) is 0 Å². The molecule has 0 rings (SSSR count). The molecule has 0 radical (unpaired) electrons. The third-order valence-corrected chi connectivity index (χ3v) is 1.87. The Morgan fingerprint density at radius 3 is 2.33 bits per heavy atom. The second-order valence-electron chi connectivity index (χ2n) is 3.53. The molecule has 0 aromatic rings. The number of rotatable bonds is 7. The number of aliphatic hydroxyl groups is 2. The van der Waals surface area contributed by atoms with Gasteiger partial charge in [-0.15, -0.1) is 0 Å². The number of hydrogen-bond donors (Lipinski definition) is 2. The van der Waals surface area contributed by atoms with Crippen LogP contribution in [0.1, 0.15) is 33.1 Å². The second-order valence-corrected chi connectivity index (χ2v) is 3.53. The standard InChI is InChI=1S/C10H18O5/c1-7(11)3-4-9(13)5-6-15-10(14)8(2)12/h8-9,12-13H,3-6H2,1-2H3. The minimum Gasteiger partial charge on any atom is -0.464 e. The van der Waals surface area contributed by atoms with Gasteiger partial charge >= 0.3 is 5.97 Å². The van der Waals surface area contributed by atoms with Gasteiger partial charge in [0.1, 0.15) is 11.9 Å². The minimum atomic E-state index is -1.14. The first-order valence-corrected chi connectivity index (χ1v) is 4.95. The quantitative estimate of drug-likeness (QED) is 0.589. The molecule has 0 aliphatic rings. The number of esters is 1. The minimum absolute atomic E-state index is 0.0232. The zero-order valence-corrected chi connectivity index (χ0v) is 9.10. The first-order chi connectivity index (χ1) is 6.93. The van der Waals surface area contributed by atoms with Crippen molar-refractivity contribution >= 4 is 11.8 Å². The number of carbonyl (C=O) groups is 2. The van der Waals surface area contributed by atoms with Crippen LogP contribution in [0, 0.1) is 0 Å². The maximum absolute atomic E-state index is 10.8. The molecule has 15 heavy (non-hydrogen) atoms. The third-order valence-electron chi connectivity index (χ3n) is 1.87. The van der Waals surface area contributed by atoms with Gasteiger partial charge in [0.25, 0.3) is 0 Å². The fraction of sp³-hybridized carbons (Fsp3) is 0.800. The predicted octanol–water partition coefficient (Wildman–Crippen LogP) is 0.0306. The Bertz CT molecular complexity index is 212. The summed E-state index contributed by atoms with van der Waals surface area (Å²) in [6, 6.07) is 0. The van der Waals surface area contributed by atoms with Crippen molar-refractivity contribution in [2.75, 3.05) is 6.61 Å². The molecule has 0 spiro atoms. The number of carbonyl (C=O) groups excluding carboxylic acids is 2. The maximum atomic E-state index is 10.8. The lowest BCUT2D eigenvalue weighted by Gasteiger charge is -2.10. The summed E-state index contributed by atoms with van der Waals surface area (Å²) in [5, 5.41) is 18.1. The van der Waals surface area contributed by atoms with E-state index >= 15 is 0 Å². The summed E-state index contributed by atoms with van der Waals surface area (Å²) in [5.74, 6) is -0.677. The summed E-state index contributed by atoms with van der Waals surface area (Å²) in [4.78, 5) is 21.4. The van der Waals surface area contributed by atoms with E-state index in [9.17, 15) is 14.7 Å². The van der Waals surface area contributed by atoms with Crippen LogP contribution >= 0.6 is 0 Å². The first-order valence-electron chi connectivity index (χ1n) is 4.95. The van der Waals surface area contributed by atoms with Gasteiger partial charge in [-0.05, 0) is 20.3 Å². The fourth-order valence-corrected chi connectivity index (χ4v) is 0.930. The van der Waals surface area contributed by atoms with E-state index in [0.717, 1.165) is 0 Å². The van der Waals surface area contributed by atoms with E-state index in [4.69, 9.17) is 5.11 Å². The summed E-state index contributed by atoms with van der Waals surface area (Å²) in [5.41, 5.74) is 0. The van der Waals surface area contributed by atoms with Crippen LogP contribution in [0.2, 0.25) is 0 Å². The number of ether oxygens (including phenoxy) is 1. The van der Waals surface area contributed by atoms with Crippen molar-refractivity contribution in [3.05, 3.63) is 0 Å². The molecule has 0 aliphatic carbocycles. The van der Waals surface area contributed by atoms with Gasteiger partial charge in [0.15, 0.2) is 0 Å². The largest absolute Gasteiger partial charge is 0.464 e. The Kier molecular flexibility index (Phi) is 6.90. The van der Waals surface area contributed by atoms with Gasteiger partial charge in [-0.1, -0.05) is 0 Å². The molecular formula is C10H18O5. The SMILES string of the molecule is CC(=O)CCC(O)CCOC(=O)C(C)O. The molecule has 5 nitrogen and oxygen atoms in total. The van der Waals surface area contributed by atoms with Crippen LogP contribution in [-0.2, 0) is 14.3 Å². The van der Waals surface area contributed by atoms with Crippen LogP contribution in [0.25, 0.3) is 0 Å². The van der Waals surface area contributed by atoms with Crippen molar-refractivity contribution in [2.24, 2.45) is 0 Å². The van der Waals surface area contributed by atoms with Crippen LogP contribution in [-0.4, -0.2) is 40.8 Å². The topological polar surface area (TPSA) is 83.8 Å². The van der Waals surface area contributed by atoms with E-state index in [1.165, 1.54) is 13.8 Å². The van der Waals surface area contributed by atoms with Crippen LogP contribution < -0.4 is 0 Å². The van der Waals surface area contributed by atoms with Crippen molar-refractivity contribution in [3.63, 3.8) is 0 Å². The van der Waals surface area contributed by atoms with Crippen LogP contribution in [0.4, 0.5) is 0 Å². The van der Waals surface area contributed by atoms with E-state index in [-0.39, 0.29) is 18.8 Å². The molecule has 0 bridgehead atoms. The fourth-order valence-electron chi connectivity index (χ4n) is 0.930. The van der Waals surface area contributed by atoms with Gasteiger partial charge in [-0.2, -0.15) is 0 Å². The highest BCUT2D eigenvalue weighted by molar-refractivity contribution is 5.75. The molecule has 2 atom stereocenters. The molecule has 2 unspecified atom stereocenters. The number of Topliss-reactive ketones (excluding diaryl/α,β-unsaturated/α-hetero) is 1. The molecule has 0 aromatic heterocycles. The Morgan fingerprint density at radius 1 is 1.27 bits per heavy atom. The predicted molar refractivity (Wildman–Crippen MR) is 53.2 cm³/mol. The molecule has 0 amide bonds. The Labute approximate surface area is 89.0 Å². The van der Waals surface area contributed by atoms with Gasteiger partial charge in [-0.25, -0.2) is 4.79 Å². The molecule has 5 heteroatoms. The van der Waals surface area contributed by atoms with Crippen LogP contribution in [0.5, 0.6) is 0 Å². The number of aliphatic hydroxyl groups excluding tert-OH is 2. The summed E-state index contributed by atoms with van der Waals surface area (Å²) in [6.07, 6.45) is -0.797. The van der Waals surface area contributed by atoms with E-state index in [0.29, 0.717) is 12.8 Å². The van der Waals surface area contributed by atoms with E-state index in [2.05, 4.69) is 4.74 Å². The van der Waals surface area contributed by atoms with Gasteiger partial charge in [-0.3, -0.25) is 0 Å². The summed E-state index contributed by atoms with van der Waals surface area (Å²) in [6.45, 7) is 2.83. The van der Waals surface area contributed by atoms with Gasteiger partial charge in [0.2, 0.25) is 0 Å². The second kappa shape index (κ2) is 7.36. The van der Waals surface area contributed by atoms with E-state index in [1.807, 2.05) is 0 Å². The Balaban J connectivity index is 3.50. The third kappa shape index (κ3) is 8.08. The van der Waals surface area contributed by atoms with Crippen molar-refractivity contribution in [1.29, 1.82) is 0 Å². The molecule has 0 aromatic carbocycles. The molecule has 0 saturated heterocycles. The van der Waals surface area contributed by atoms with E-state index < -0.39 is 18.2 Å². The average Bonchev–Trinajstić information content (AvgIpc) is 2.14. The highest BCUT2D eigenvalue weighted by atomic mass is 16.5. The molecule has 0 heterocycles. The van der Waals surface area contributed by atoms with Crippen LogP contribution in [0.15, 0.2) is 0 Å². The van der Waals surface area contributed by atoms with Gasteiger partial charge < -0.3 is 19.7 Å². The molecule has 0 fully saturated rings. The zero-order valence-electron chi connectivity index (χ0n) is 9.10. The van der Waals surface area contributed by atoms with Crippen LogP contribution in [0.3, 0.4) is 0 Å². The smallest absolute Gasteiger partial charge is 0.334 e.